The van der Waals surface area contributed by atoms with Gasteiger partial charge < -0.3 is 4.90 Å². The standard InChI is InChI=1S/C23H27N7S2/c1-2-7-17(8-3-1)30-22(25-26-27-30)21(20-11-6-16-31-20)28-12-14-29(15-13-28)23-24-18-9-4-5-10-19(18)32-23/h4-6,9-11,16-17,21H,1-3,7-8,12-15H2/t21-/m1/s1. The number of piperazine rings is 1. The van der Waals surface area contributed by atoms with Gasteiger partial charge in [-0.2, -0.15) is 0 Å². The van der Waals surface area contributed by atoms with Gasteiger partial charge in [0.05, 0.1) is 16.3 Å². The van der Waals surface area contributed by atoms with Crippen LogP contribution in [0.3, 0.4) is 0 Å². The topological polar surface area (TPSA) is 63.0 Å². The molecule has 0 unspecified atom stereocenters. The molecule has 2 aliphatic rings. The highest BCUT2D eigenvalue weighted by atomic mass is 32.1. The largest absolute Gasteiger partial charge is 0.345 e. The SMILES string of the molecule is c1csc([C@H](c2nnnn2C2CCCCC2)N2CCN(c3nc4ccccc4s3)CC2)c1. The third-order valence-electron chi connectivity index (χ3n) is 6.73. The molecule has 1 saturated heterocycles. The molecule has 0 radical (unpaired) electrons. The molecule has 1 atom stereocenters. The molecule has 0 bridgehead atoms. The Balaban J connectivity index is 1.25. The molecule has 4 aromatic rings. The number of thiophene rings is 1. The zero-order valence-electron chi connectivity index (χ0n) is 18.0. The molecule has 1 aliphatic heterocycles. The quantitative estimate of drug-likeness (QED) is 0.423. The maximum atomic E-state index is 4.87. The van der Waals surface area contributed by atoms with Gasteiger partial charge in [0.25, 0.3) is 0 Å². The molecule has 4 heterocycles. The number of anilines is 1. The van der Waals surface area contributed by atoms with Gasteiger partial charge in [0.1, 0.15) is 6.04 Å². The van der Waals surface area contributed by atoms with Crippen LogP contribution in [0.15, 0.2) is 41.8 Å². The third kappa shape index (κ3) is 3.82. The van der Waals surface area contributed by atoms with E-state index in [0.29, 0.717) is 6.04 Å². The predicted molar refractivity (Wildman–Crippen MR) is 130 cm³/mol. The van der Waals surface area contributed by atoms with Crippen molar-refractivity contribution in [2.45, 2.75) is 44.2 Å². The molecule has 0 N–H and O–H groups in total. The van der Waals surface area contributed by atoms with Crippen molar-refractivity contribution in [3.63, 3.8) is 0 Å². The van der Waals surface area contributed by atoms with E-state index in [1.807, 2.05) is 0 Å². The fourth-order valence-electron chi connectivity index (χ4n) is 5.05. The van der Waals surface area contributed by atoms with Crippen LogP contribution in [0.4, 0.5) is 5.13 Å². The number of aromatic nitrogens is 5. The maximum absolute atomic E-state index is 4.87. The first-order valence-electron chi connectivity index (χ1n) is 11.5. The predicted octanol–water partition coefficient (Wildman–Crippen LogP) is 4.76. The minimum Gasteiger partial charge on any atom is -0.345 e. The second kappa shape index (κ2) is 8.88. The van der Waals surface area contributed by atoms with E-state index < -0.39 is 0 Å². The Morgan fingerprint density at radius 1 is 0.938 bits per heavy atom. The van der Waals surface area contributed by atoms with Gasteiger partial charge >= 0.3 is 0 Å². The van der Waals surface area contributed by atoms with Crippen molar-refractivity contribution in [1.82, 2.24) is 30.1 Å². The average Bonchev–Trinajstić information content (AvgIpc) is 3.61. The molecular weight excluding hydrogens is 438 g/mol. The second-order valence-electron chi connectivity index (χ2n) is 8.68. The van der Waals surface area contributed by atoms with Crippen LogP contribution in [0.2, 0.25) is 0 Å². The van der Waals surface area contributed by atoms with Crippen molar-refractivity contribution in [2.75, 3.05) is 31.1 Å². The summed E-state index contributed by atoms with van der Waals surface area (Å²) in [7, 11) is 0. The summed E-state index contributed by atoms with van der Waals surface area (Å²) in [5, 5.41) is 16.5. The molecule has 6 rings (SSSR count). The van der Waals surface area contributed by atoms with Crippen LogP contribution in [0, 0.1) is 0 Å². The summed E-state index contributed by atoms with van der Waals surface area (Å²) in [6.07, 6.45) is 6.24. The van der Waals surface area contributed by atoms with Gasteiger partial charge in [-0.1, -0.05) is 48.8 Å². The number of para-hydroxylation sites is 1. The molecule has 166 valence electrons. The van der Waals surface area contributed by atoms with E-state index >= 15 is 0 Å². The molecule has 1 aliphatic carbocycles. The summed E-state index contributed by atoms with van der Waals surface area (Å²) < 4.78 is 3.40. The molecule has 3 aromatic heterocycles. The Morgan fingerprint density at radius 3 is 2.56 bits per heavy atom. The molecule has 9 heteroatoms. The van der Waals surface area contributed by atoms with Crippen molar-refractivity contribution in [2.24, 2.45) is 0 Å². The first-order valence-corrected chi connectivity index (χ1v) is 13.2. The molecule has 7 nitrogen and oxygen atoms in total. The van der Waals surface area contributed by atoms with Crippen molar-refractivity contribution in [3.8, 4) is 0 Å². The van der Waals surface area contributed by atoms with E-state index in [4.69, 9.17) is 4.98 Å². The lowest BCUT2D eigenvalue weighted by atomic mass is 9.95. The zero-order valence-corrected chi connectivity index (χ0v) is 19.6. The van der Waals surface area contributed by atoms with Crippen molar-refractivity contribution in [1.29, 1.82) is 0 Å². The number of benzene rings is 1. The number of nitrogens with zero attached hydrogens (tertiary/aromatic N) is 7. The Morgan fingerprint density at radius 2 is 1.78 bits per heavy atom. The summed E-state index contributed by atoms with van der Waals surface area (Å²) in [4.78, 5) is 11.2. The fourth-order valence-corrected chi connectivity index (χ4v) is 6.92. The minimum absolute atomic E-state index is 0.115. The average molecular weight is 466 g/mol. The van der Waals surface area contributed by atoms with E-state index in [1.165, 1.54) is 41.7 Å². The number of fused-ring (bicyclic) bond motifs is 1. The summed E-state index contributed by atoms with van der Waals surface area (Å²) in [5.41, 5.74) is 1.10. The number of thiazole rings is 1. The van der Waals surface area contributed by atoms with E-state index in [2.05, 4.69) is 71.8 Å². The van der Waals surface area contributed by atoms with E-state index in [1.54, 1.807) is 22.7 Å². The molecular formula is C23H27N7S2. The highest BCUT2D eigenvalue weighted by molar-refractivity contribution is 7.22. The minimum atomic E-state index is 0.115. The Kier molecular flexibility index (Phi) is 5.62. The highest BCUT2D eigenvalue weighted by Crippen LogP contribution is 2.36. The summed E-state index contributed by atoms with van der Waals surface area (Å²) in [5.74, 6) is 1.01. The van der Waals surface area contributed by atoms with Crippen molar-refractivity contribution < 1.29 is 0 Å². The fraction of sp³-hybridized carbons (Fsp3) is 0.478. The van der Waals surface area contributed by atoms with Gasteiger partial charge in [0, 0.05) is 31.1 Å². The summed E-state index contributed by atoms with van der Waals surface area (Å²) in [6.45, 7) is 3.87. The number of tetrazole rings is 1. The molecule has 2 fully saturated rings. The van der Waals surface area contributed by atoms with Crippen LogP contribution < -0.4 is 4.90 Å². The molecule has 1 aromatic carbocycles. The van der Waals surface area contributed by atoms with Gasteiger partial charge in [-0.15, -0.1) is 16.4 Å². The molecule has 32 heavy (non-hydrogen) atoms. The van der Waals surface area contributed by atoms with Gasteiger partial charge in [-0.3, -0.25) is 4.90 Å². The molecule has 0 spiro atoms. The number of rotatable bonds is 5. The lowest BCUT2D eigenvalue weighted by molar-refractivity contribution is 0.196. The molecule has 1 saturated carbocycles. The Labute approximate surface area is 195 Å². The van der Waals surface area contributed by atoms with Crippen molar-refractivity contribution >= 4 is 38.0 Å². The lowest BCUT2D eigenvalue weighted by Crippen LogP contribution is -2.48. The first-order chi connectivity index (χ1) is 15.9. The monoisotopic (exact) mass is 465 g/mol. The van der Waals surface area contributed by atoms with E-state index in [-0.39, 0.29) is 6.04 Å². The summed E-state index contributed by atoms with van der Waals surface area (Å²) >= 11 is 3.60. The van der Waals surface area contributed by atoms with Crippen LogP contribution in [0.1, 0.15) is 54.9 Å². The van der Waals surface area contributed by atoms with Crippen LogP contribution in [-0.4, -0.2) is 56.3 Å². The lowest BCUT2D eigenvalue weighted by Gasteiger charge is -2.38. The Hall–Kier alpha value is -2.36. The highest BCUT2D eigenvalue weighted by Gasteiger charge is 2.33. The second-order valence-corrected chi connectivity index (χ2v) is 10.7. The van der Waals surface area contributed by atoms with Gasteiger partial charge in [0.15, 0.2) is 11.0 Å². The third-order valence-corrected chi connectivity index (χ3v) is 8.75. The van der Waals surface area contributed by atoms with Crippen molar-refractivity contribution in [3.05, 3.63) is 52.5 Å². The number of hydrogen-bond donors (Lipinski definition) is 0. The number of hydrogen-bond acceptors (Lipinski definition) is 8. The van der Waals surface area contributed by atoms with Gasteiger partial charge in [-0.05, 0) is 46.8 Å². The normalized spacial score (nSPS) is 19.6. The summed E-state index contributed by atoms with van der Waals surface area (Å²) in [6, 6.07) is 13.3. The van der Waals surface area contributed by atoms with E-state index in [0.717, 1.165) is 42.7 Å². The van der Waals surface area contributed by atoms with Crippen LogP contribution in [0.25, 0.3) is 10.2 Å². The van der Waals surface area contributed by atoms with E-state index in [9.17, 15) is 0 Å². The Bertz CT molecular complexity index is 1120. The zero-order chi connectivity index (χ0) is 21.3. The van der Waals surface area contributed by atoms with Crippen LogP contribution in [0.5, 0.6) is 0 Å². The van der Waals surface area contributed by atoms with Gasteiger partial charge in [-0.25, -0.2) is 9.67 Å². The molecule has 0 amide bonds. The maximum Gasteiger partial charge on any atom is 0.186 e. The first kappa shape index (κ1) is 20.3. The van der Waals surface area contributed by atoms with Gasteiger partial charge in [0.2, 0.25) is 0 Å². The van der Waals surface area contributed by atoms with Crippen LogP contribution in [-0.2, 0) is 0 Å². The van der Waals surface area contributed by atoms with Crippen LogP contribution >= 0.6 is 22.7 Å². The smallest absolute Gasteiger partial charge is 0.186 e.